The second-order valence-corrected chi connectivity index (χ2v) is 5.44. The number of amides is 2. The number of nitrogens with zero attached hydrogens (tertiary/aromatic N) is 3. The molecule has 1 saturated heterocycles. The minimum atomic E-state index is -0.0884. The maximum absolute atomic E-state index is 12.4. The van der Waals surface area contributed by atoms with Crippen LogP contribution in [0.3, 0.4) is 0 Å². The van der Waals surface area contributed by atoms with E-state index in [0.717, 1.165) is 11.4 Å². The zero-order valence-electron chi connectivity index (χ0n) is 12.8. The number of anilines is 1. The van der Waals surface area contributed by atoms with E-state index < -0.39 is 0 Å². The predicted molar refractivity (Wildman–Crippen MR) is 84.2 cm³/mol. The highest BCUT2D eigenvalue weighted by Gasteiger charge is 2.29. The summed E-state index contributed by atoms with van der Waals surface area (Å²) >= 11 is 0. The summed E-state index contributed by atoms with van der Waals surface area (Å²) in [6.45, 7) is 5.19. The lowest BCUT2D eigenvalue weighted by Crippen LogP contribution is -2.52. The van der Waals surface area contributed by atoms with Crippen LogP contribution in [0.5, 0.6) is 0 Å². The molecule has 1 N–H and O–H groups in total. The Bertz CT molecular complexity index is 624. The lowest BCUT2D eigenvalue weighted by molar-refractivity contribution is -0.0355. The second-order valence-electron chi connectivity index (χ2n) is 5.44. The number of morpholine rings is 1. The average molecular weight is 300 g/mol. The molecule has 0 spiro atoms. The molecule has 1 aliphatic rings. The van der Waals surface area contributed by atoms with E-state index in [1.807, 2.05) is 55.3 Å². The second kappa shape index (κ2) is 6.19. The van der Waals surface area contributed by atoms with Crippen molar-refractivity contribution in [2.24, 2.45) is 0 Å². The van der Waals surface area contributed by atoms with E-state index >= 15 is 0 Å². The van der Waals surface area contributed by atoms with Gasteiger partial charge in [0.15, 0.2) is 0 Å². The van der Waals surface area contributed by atoms with Gasteiger partial charge >= 0.3 is 6.03 Å². The van der Waals surface area contributed by atoms with E-state index in [2.05, 4.69) is 10.4 Å². The lowest BCUT2D eigenvalue weighted by Gasteiger charge is -2.37. The average Bonchev–Trinajstić information content (AvgIpc) is 3.05. The number of urea groups is 1. The van der Waals surface area contributed by atoms with Crippen molar-refractivity contribution in [2.45, 2.75) is 26.0 Å². The molecule has 0 saturated carbocycles. The van der Waals surface area contributed by atoms with Crippen molar-refractivity contribution in [3.8, 4) is 5.69 Å². The van der Waals surface area contributed by atoms with Crippen LogP contribution in [0.2, 0.25) is 0 Å². The monoisotopic (exact) mass is 300 g/mol. The van der Waals surface area contributed by atoms with Gasteiger partial charge in [0, 0.05) is 24.6 Å². The smallest absolute Gasteiger partial charge is 0.322 e. The first kappa shape index (κ1) is 14.6. The van der Waals surface area contributed by atoms with Crippen molar-refractivity contribution in [1.29, 1.82) is 0 Å². The summed E-state index contributed by atoms with van der Waals surface area (Å²) in [5.74, 6) is 0. The van der Waals surface area contributed by atoms with Crippen molar-refractivity contribution in [2.75, 3.05) is 18.5 Å². The van der Waals surface area contributed by atoms with Crippen LogP contribution in [-0.4, -0.2) is 46.0 Å². The molecule has 2 amide bonds. The fraction of sp³-hybridized carbons (Fsp3) is 0.375. The Morgan fingerprint density at radius 3 is 2.77 bits per heavy atom. The molecule has 0 bridgehead atoms. The van der Waals surface area contributed by atoms with Gasteiger partial charge in [0.2, 0.25) is 0 Å². The summed E-state index contributed by atoms with van der Waals surface area (Å²) in [6, 6.07) is 9.46. The fourth-order valence-corrected chi connectivity index (χ4v) is 2.53. The van der Waals surface area contributed by atoms with Crippen LogP contribution in [0.15, 0.2) is 42.7 Å². The van der Waals surface area contributed by atoms with Gasteiger partial charge in [-0.3, -0.25) is 0 Å². The first-order chi connectivity index (χ1) is 10.6. The molecular formula is C16H20N4O2. The number of benzene rings is 1. The predicted octanol–water partition coefficient (Wildman–Crippen LogP) is 2.51. The van der Waals surface area contributed by atoms with Crippen molar-refractivity contribution in [1.82, 2.24) is 14.7 Å². The van der Waals surface area contributed by atoms with E-state index in [4.69, 9.17) is 4.74 Å². The number of aromatic nitrogens is 2. The van der Waals surface area contributed by atoms with E-state index in [1.165, 1.54) is 0 Å². The SMILES string of the molecule is CC1OCCN(C(=O)Nc2ccc(-n3cccn3)cc2)C1C. The van der Waals surface area contributed by atoms with Crippen LogP contribution < -0.4 is 5.32 Å². The molecule has 6 heteroatoms. The van der Waals surface area contributed by atoms with Crippen molar-refractivity contribution in [3.63, 3.8) is 0 Å². The third-order valence-electron chi connectivity index (χ3n) is 4.03. The van der Waals surface area contributed by atoms with Gasteiger partial charge in [0.05, 0.1) is 24.4 Å². The van der Waals surface area contributed by atoms with Crippen molar-refractivity contribution < 1.29 is 9.53 Å². The molecule has 2 atom stereocenters. The van der Waals surface area contributed by atoms with Crippen LogP contribution in [0, 0.1) is 0 Å². The number of hydrogen-bond donors (Lipinski definition) is 1. The Kier molecular flexibility index (Phi) is 4.11. The van der Waals surface area contributed by atoms with E-state index in [0.29, 0.717) is 13.2 Å². The van der Waals surface area contributed by atoms with Crippen LogP contribution >= 0.6 is 0 Å². The Labute approximate surface area is 129 Å². The Morgan fingerprint density at radius 1 is 1.32 bits per heavy atom. The third-order valence-corrected chi connectivity index (χ3v) is 4.03. The lowest BCUT2D eigenvalue weighted by atomic mass is 10.1. The van der Waals surface area contributed by atoms with Crippen LogP contribution in [-0.2, 0) is 4.74 Å². The summed E-state index contributed by atoms with van der Waals surface area (Å²) in [5.41, 5.74) is 1.73. The maximum Gasteiger partial charge on any atom is 0.322 e. The number of hydrogen-bond acceptors (Lipinski definition) is 3. The van der Waals surface area contributed by atoms with Gasteiger partial charge in [-0.1, -0.05) is 0 Å². The quantitative estimate of drug-likeness (QED) is 0.927. The molecule has 1 aromatic carbocycles. The summed E-state index contributed by atoms with van der Waals surface area (Å²) in [5, 5.41) is 7.11. The standard InChI is InChI=1S/C16H20N4O2/c1-12-13(2)22-11-10-19(12)16(21)18-14-4-6-15(7-5-14)20-9-3-8-17-20/h3-9,12-13H,10-11H2,1-2H3,(H,18,21). The zero-order valence-corrected chi connectivity index (χ0v) is 12.8. The minimum Gasteiger partial charge on any atom is -0.375 e. The molecule has 2 heterocycles. The highest BCUT2D eigenvalue weighted by Crippen LogP contribution is 2.17. The van der Waals surface area contributed by atoms with Gasteiger partial charge in [-0.25, -0.2) is 9.48 Å². The zero-order chi connectivity index (χ0) is 15.5. The summed E-state index contributed by atoms with van der Waals surface area (Å²) < 4.78 is 7.32. The molecule has 1 aliphatic heterocycles. The van der Waals surface area contributed by atoms with Gasteiger partial charge in [0.25, 0.3) is 0 Å². The molecule has 6 nitrogen and oxygen atoms in total. The van der Waals surface area contributed by atoms with Gasteiger partial charge in [-0.15, -0.1) is 0 Å². The number of carbonyl (C=O) groups is 1. The molecule has 3 rings (SSSR count). The fourth-order valence-electron chi connectivity index (χ4n) is 2.53. The highest BCUT2D eigenvalue weighted by molar-refractivity contribution is 5.89. The van der Waals surface area contributed by atoms with Gasteiger partial charge in [-0.2, -0.15) is 5.10 Å². The molecule has 0 radical (unpaired) electrons. The largest absolute Gasteiger partial charge is 0.375 e. The van der Waals surface area contributed by atoms with Crippen molar-refractivity contribution in [3.05, 3.63) is 42.7 Å². The highest BCUT2D eigenvalue weighted by atomic mass is 16.5. The first-order valence-corrected chi connectivity index (χ1v) is 7.44. The summed E-state index contributed by atoms with van der Waals surface area (Å²) in [7, 11) is 0. The third kappa shape index (κ3) is 2.96. The van der Waals surface area contributed by atoms with Crippen LogP contribution in [0.25, 0.3) is 5.69 Å². The number of nitrogens with one attached hydrogen (secondary N) is 1. The molecule has 1 aromatic heterocycles. The van der Waals surface area contributed by atoms with Gasteiger partial charge in [-0.05, 0) is 44.2 Å². The molecule has 116 valence electrons. The number of carbonyl (C=O) groups excluding carboxylic acids is 1. The Hall–Kier alpha value is -2.34. The summed E-state index contributed by atoms with van der Waals surface area (Å²) in [4.78, 5) is 14.2. The van der Waals surface area contributed by atoms with Crippen LogP contribution in [0.4, 0.5) is 10.5 Å². The number of ether oxygens (including phenoxy) is 1. The minimum absolute atomic E-state index is 0.0571. The van der Waals surface area contributed by atoms with Crippen molar-refractivity contribution >= 4 is 11.7 Å². The molecule has 2 unspecified atom stereocenters. The molecule has 22 heavy (non-hydrogen) atoms. The normalized spacial score (nSPS) is 21.6. The maximum atomic E-state index is 12.4. The van der Waals surface area contributed by atoms with Crippen LogP contribution in [0.1, 0.15) is 13.8 Å². The molecule has 1 fully saturated rings. The Balaban J connectivity index is 1.66. The van der Waals surface area contributed by atoms with Gasteiger partial charge < -0.3 is 15.0 Å². The Morgan fingerprint density at radius 2 is 2.09 bits per heavy atom. The van der Waals surface area contributed by atoms with E-state index in [-0.39, 0.29) is 18.2 Å². The topological polar surface area (TPSA) is 59.4 Å². The molecular weight excluding hydrogens is 280 g/mol. The number of rotatable bonds is 2. The van der Waals surface area contributed by atoms with E-state index in [1.54, 1.807) is 10.9 Å². The van der Waals surface area contributed by atoms with Gasteiger partial charge in [0.1, 0.15) is 0 Å². The summed E-state index contributed by atoms with van der Waals surface area (Å²) in [6.07, 6.45) is 3.67. The first-order valence-electron chi connectivity index (χ1n) is 7.44. The molecule has 2 aromatic rings. The molecule has 0 aliphatic carbocycles. The van der Waals surface area contributed by atoms with E-state index in [9.17, 15) is 4.79 Å².